The van der Waals surface area contributed by atoms with E-state index in [2.05, 4.69) is 0 Å². The highest BCUT2D eigenvalue weighted by molar-refractivity contribution is 5.70. The van der Waals surface area contributed by atoms with Crippen LogP contribution in [0.15, 0.2) is 47.8 Å². The van der Waals surface area contributed by atoms with Crippen molar-refractivity contribution in [1.29, 1.82) is 0 Å². The Morgan fingerprint density at radius 1 is 0.792 bits per heavy atom. The van der Waals surface area contributed by atoms with E-state index >= 15 is 0 Å². The number of rotatable bonds is 5. The van der Waals surface area contributed by atoms with Crippen molar-refractivity contribution < 1.29 is 19.7 Å². The van der Waals surface area contributed by atoms with E-state index in [1.54, 1.807) is 36.4 Å². The van der Waals surface area contributed by atoms with Crippen molar-refractivity contribution >= 4 is 12.2 Å². The molecule has 0 aromatic heterocycles. The van der Waals surface area contributed by atoms with E-state index < -0.39 is 0 Å². The van der Waals surface area contributed by atoms with Gasteiger partial charge >= 0.3 is 0 Å². The van der Waals surface area contributed by atoms with E-state index in [0.717, 1.165) is 0 Å². The molecule has 2 aromatic carbocycles. The molecule has 2 rings (SSSR count). The van der Waals surface area contributed by atoms with Crippen molar-refractivity contribution in [3.63, 3.8) is 0 Å². The third-order valence-electron chi connectivity index (χ3n) is 3.39. The lowest BCUT2D eigenvalue weighted by atomic mass is 10.1. The van der Waals surface area contributed by atoms with Crippen LogP contribution in [0.25, 0.3) is 12.2 Å². The summed E-state index contributed by atoms with van der Waals surface area (Å²) in [5.41, 5.74) is 16.5. The van der Waals surface area contributed by atoms with Gasteiger partial charge in [0, 0.05) is 11.1 Å². The standard InChI is InChI=1S/C18H18N2O4/c1-23-15-7-3-5-11(17(15)21)9-13(19)14(20)10-12-6-4-8-16(24-2)18(12)22/h3-10,19-22H,1-2H3. The van der Waals surface area contributed by atoms with Gasteiger partial charge in [-0.15, -0.1) is 0 Å². The van der Waals surface area contributed by atoms with Gasteiger partial charge in [0.15, 0.2) is 23.0 Å². The third kappa shape index (κ3) is 3.55. The molecule has 4 N–H and O–H groups in total. The summed E-state index contributed by atoms with van der Waals surface area (Å²) in [4.78, 5) is 0. The predicted octanol–water partition coefficient (Wildman–Crippen LogP) is 3.06. The molecule has 0 fully saturated rings. The number of hydrogen-bond acceptors (Lipinski definition) is 4. The van der Waals surface area contributed by atoms with Gasteiger partial charge in [-0.25, -0.2) is 0 Å². The van der Waals surface area contributed by atoms with Crippen molar-refractivity contribution in [3.8, 4) is 23.0 Å². The van der Waals surface area contributed by atoms with Gasteiger partial charge in [-0.3, -0.25) is 11.5 Å². The number of benzene rings is 2. The number of methoxy groups -OCH3 is 2. The summed E-state index contributed by atoms with van der Waals surface area (Å²) in [7, 11) is 2.87. The van der Waals surface area contributed by atoms with E-state index in [4.69, 9.17) is 20.9 Å². The molecule has 0 unspecified atom stereocenters. The first kappa shape index (κ1) is 17.1. The topological polar surface area (TPSA) is 107 Å². The summed E-state index contributed by atoms with van der Waals surface area (Å²) < 4.78 is 10.0. The second-order valence-electron chi connectivity index (χ2n) is 4.91. The van der Waals surface area contributed by atoms with Gasteiger partial charge < -0.3 is 19.7 Å². The lowest BCUT2D eigenvalue weighted by Gasteiger charge is -2.08. The van der Waals surface area contributed by atoms with E-state index in [1.165, 1.54) is 26.4 Å². The van der Waals surface area contributed by atoms with Crippen LogP contribution in [0, 0.1) is 0 Å². The SMILES string of the molecule is COc1cccc(C=C([NH])C([NH])=Cc2cccc(OC)c2O)c1O. The highest BCUT2D eigenvalue weighted by Crippen LogP contribution is 2.33. The molecule has 0 saturated carbocycles. The van der Waals surface area contributed by atoms with Crippen LogP contribution in [0.1, 0.15) is 11.1 Å². The maximum Gasteiger partial charge on any atom is 0.165 e. The number of phenolic OH excluding ortho intramolecular Hbond substituents is 2. The Hall–Kier alpha value is -3.28. The minimum atomic E-state index is -0.124. The molecule has 0 aliphatic carbocycles. The zero-order valence-corrected chi connectivity index (χ0v) is 13.3. The largest absolute Gasteiger partial charge is 0.504 e. The minimum absolute atomic E-state index is 0.0956. The average molecular weight is 326 g/mol. The highest BCUT2D eigenvalue weighted by atomic mass is 16.5. The van der Waals surface area contributed by atoms with Crippen LogP contribution in [0.4, 0.5) is 0 Å². The second kappa shape index (κ2) is 7.32. The van der Waals surface area contributed by atoms with Gasteiger partial charge in [0.25, 0.3) is 0 Å². The Balaban J connectivity index is 2.37. The quantitative estimate of drug-likeness (QED) is 0.823. The van der Waals surface area contributed by atoms with Gasteiger partial charge in [-0.2, -0.15) is 0 Å². The fraction of sp³-hybridized carbons (Fsp3) is 0.111. The number of hydrogen-bond donors (Lipinski definition) is 2. The van der Waals surface area contributed by atoms with Crippen LogP contribution in [-0.4, -0.2) is 24.4 Å². The Kier molecular flexibility index (Phi) is 5.21. The van der Waals surface area contributed by atoms with Crippen molar-refractivity contribution in [2.45, 2.75) is 0 Å². The smallest absolute Gasteiger partial charge is 0.165 e. The van der Waals surface area contributed by atoms with Gasteiger partial charge in [0.05, 0.1) is 25.6 Å². The molecular formula is C18H18N2O4. The molecule has 24 heavy (non-hydrogen) atoms. The molecule has 0 bridgehead atoms. The van der Waals surface area contributed by atoms with Gasteiger partial charge in [-0.05, 0) is 24.3 Å². The van der Waals surface area contributed by atoms with E-state index in [1.807, 2.05) is 0 Å². The van der Waals surface area contributed by atoms with Crippen LogP contribution in [-0.2, 0) is 0 Å². The number of para-hydroxylation sites is 2. The zero-order chi connectivity index (χ0) is 17.7. The Morgan fingerprint density at radius 3 is 1.50 bits per heavy atom. The van der Waals surface area contributed by atoms with E-state index in [0.29, 0.717) is 11.1 Å². The minimum Gasteiger partial charge on any atom is -0.504 e. The van der Waals surface area contributed by atoms with Gasteiger partial charge in [0.2, 0.25) is 0 Å². The molecule has 124 valence electrons. The van der Waals surface area contributed by atoms with Crippen LogP contribution in [0.3, 0.4) is 0 Å². The van der Waals surface area contributed by atoms with Crippen molar-refractivity contribution in [3.05, 3.63) is 58.9 Å². The number of phenols is 2. The fourth-order valence-corrected chi connectivity index (χ4v) is 2.11. The first-order chi connectivity index (χ1) is 11.5. The molecular weight excluding hydrogens is 308 g/mol. The highest BCUT2D eigenvalue weighted by Gasteiger charge is 2.09. The zero-order valence-electron chi connectivity index (χ0n) is 13.3. The number of ether oxygens (including phenoxy) is 2. The van der Waals surface area contributed by atoms with Crippen LogP contribution in [0.5, 0.6) is 23.0 Å². The lowest BCUT2D eigenvalue weighted by molar-refractivity contribution is 0.373. The Labute approximate surface area is 140 Å². The number of aromatic hydroxyl groups is 2. The van der Waals surface area contributed by atoms with Crippen LogP contribution >= 0.6 is 0 Å². The summed E-state index contributed by atoms with van der Waals surface area (Å²) in [5.74, 6) is 0.388. The summed E-state index contributed by atoms with van der Waals surface area (Å²) in [6.07, 6.45) is 2.71. The molecule has 0 heterocycles. The Bertz CT molecular complexity index is 730. The molecule has 2 aromatic rings. The van der Waals surface area contributed by atoms with Crippen molar-refractivity contribution in [1.82, 2.24) is 11.5 Å². The molecule has 0 aliphatic rings. The summed E-state index contributed by atoms with van der Waals surface area (Å²) >= 11 is 0. The molecule has 0 amide bonds. The average Bonchev–Trinajstić information content (AvgIpc) is 2.58. The van der Waals surface area contributed by atoms with Crippen molar-refractivity contribution in [2.75, 3.05) is 14.2 Å². The second-order valence-corrected chi connectivity index (χ2v) is 4.91. The van der Waals surface area contributed by atoms with Crippen LogP contribution in [0.2, 0.25) is 0 Å². The molecule has 0 aliphatic heterocycles. The normalized spacial score (nSPS) is 12.1. The molecule has 0 spiro atoms. The molecule has 0 atom stereocenters. The summed E-state index contributed by atoms with van der Waals surface area (Å²) in [5, 5.41) is 20.1. The predicted molar refractivity (Wildman–Crippen MR) is 91.5 cm³/mol. The maximum atomic E-state index is 10.0. The monoisotopic (exact) mass is 326 g/mol. The molecule has 2 radical (unpaired) electrons. The van der Waals surface area contributed by atoms with E-state index in [-0.39, 0.29) is 34.4 Å². The summed E-state index contributed by atoms with van der Waals surface area (Å²) in [6.45, 7) is 0. The van der Waals surface area contributed by atoms with Crippen LogP contribution < -0.4 is 20.9 Å². The van der Waals surface area contributed by atoms with Gasteiger partial charge in [0.1, 0.15) is 0 Å². The third-order valence-corrected chi connectivity index (χ3v) is 3.39. The van der Waals surface area contributed by atoms with Gasteiger partial charge in [-0.1, -0.05) is 24.3 Å². The Morgan fingerprint density at radius 2 is 1.17 bits per heavy atom. The fourth-order valence-electron chi connectivity index (χ4n) is 2.11. The molecule has 6 heteroatoms. The maximum absolute atomic E-state index is 10.0. The first-order valence-corrected chi connectivity index (χ1v) is 7.06. The van der Waals surface area contributed by atoms with Crippen molar-refractivity contribution in [2.24, 2.45) is 0 Å². The summed E-state index contributed by atoms with van der Waals surface area (Å²) in [6, 6.07) is 9.78. The first-order valence-electron chi connectivity index (χ1n) is 7.06. The number of nitrogens with one attached hydrogen (secondary N) is 2. The molecule has 6 nitrogen and oxygen atoms in total. The van der Waals surface area contributed by atoms with E-state index in [9.17, 15) is 10.2 Å². The lowest BCUT2D eigenvalue weighted by Crippen LogP contribution is -1.93. The molecule has 0 saturated heterocycles.